The highest BCUT2D eigenvalue weighted by Crippen LogP contribution is 2.36. The number of pyridine rings is 1. The van der Waals surface area contributed by atoms with E-state index >= 15 is 0 Å². The highest BCUT2D eigenvalue weighted by atomic mass is 35.5. The van der Waals surface area contributed by atoms with Gasteiger partial charge in [-0.3, -0.25) is 0 Å². The highest BCUT2D eigenvalue weighted by molar-refractivity contribution is 6.31. The maximum Gasteiger partial charge on any atom is 0.417 e. The summed E-state index contributed by atoms with van der Waals surface area (Å²) in [6.07, 6.45) is -3.23. The molecule has 0 aliphatic carbocycles. The van der Waals surface area contributed by atoms with Gasteiger partial charge < -0.3 is 10.6 Å². The number of benzene rings is 1. The van der Waals surface area contributed by atoms with Crippen molar-refractivity contribution in [2.45, 2.75) is 6.18 Å². The van der Waals surface area contributed by atoms with E-state index in [9.17, 15) is 18.0 Å². The average Bonchev–Trinajstić information content (AvgIpc) is 2.39. The van der Waals surface area contributed by atoms with Crippen LogP contribution in [0.1, 0.15) is 5.56 Å². The fourth-order valence-corrected chi connectivity index (χ4v) is 1.99. The van der Waals surface area contributed by atoms with Crippen LogP contribution in [0.3, 0.4) is 0 Å². The number of halogens is 5. The number of urea groups is 1. The molecule has 116 valence electrons. The summed E-state index contributed by atoms with van der Waals surface area (Å²) < 4.78 is 38.2. The van der Waals surface area contributed by atoms with E-state index in [4.69, 9.17) is 23.2 Å². The number of aromatic nitrogens is 1. The quantitative estimate of drug-likeness (QED) is 0.745. The zero-order chi connectivity index (χ0) is 16.3. The van der Waals surface area contributed by atoms with Gasteiger partial charge in [0.15, 0.2) is 0 Å². The van der Waals surface area contributed by atoms with Crippen molar-refractivity contribution in [3.05, 3.63) is 52.3 Å². The number of alkyl halides is 3. The first-order chi connectivity index (χ1) is 10.3. The van der Waals surface area contributed by atoms with Crippen molar-refractivity contribution in [2.75, 3.05) is 10.6 Å². The minimum absolute atomic E-state index is 0.0469. The van der Waals surface area contributed by atoms with Crippen LogP contribution in [0.4, 0.5) is 29.3 Å². The number of nitrogens with zero attached hydrogens (tertiary/aromatic N) is 1. The van der Waals surface area contributed by atoms with Crippen LogP contribution in [-0.2, 0) is 6.18 Å². The number of nitrogens with one attached hydrogen (secondary N) is 2. The first-order valence-electron chi connectivity index (χ1n) is 5.82. The van der Waals surface area contributed by atoms with Crippen molar-refractivity contribution in [2.24, 2.45) is 0 Å². The molecule has 0 fully saturated rings. The molecule has 0 atom stereocenters. The van der Waals surface area contributed by atoms with Gasteiger partial charge in [-0.2, -0.15) is 13.2 Å². The van der Waals surface area contributed by atoms with Gasteiger partial charge in [0.1, 0.15) is 5.15 Å². The molecule has 0 radical (unpaired) electrons. The molecule has 1 aromatic heterocycles. The average molecular weight is 350 g/mol. The largest absolute Gasteiger partial charge is 0.417 e. The molecule has 9 heteroatoms. The summed E-state index contributed by atoms with van der Waals surface area (Å²) in [5.41, 5.74) is -0.726. The molecule has 2 aromatic rings. The second-order valence-electron chi connectivity index (χ2n) is 4.14. The second-order valence-corrected chi connectivity index (χ2v) is 4.93. The van der Waals surface area contributed by atoms with Gasteiger partial charge in [0.25, 0.3) is 0 Å². The van der Waals surface area contributed by atoms with Crippen LogP contribution in [0.2, 0.25) is 10.2 Å². The number of hydrogen-bond acceptors (Lipinski definition) is 2. The Balaban J connectivity index is 2.12. The molecule has 22 heavy (non-hydrogen) atoms. The third-order valence-electron chi connectivity index (χ3n) is 2.51. The summed E-state index contributed by atoms with van der Waals surface area (Å²) >= 11 is 11.1. The molecule has 0 spiro atoms. The van der Waals surface area contributed by atoms with E-state index < -0.39 is 22.8 Å². The summed E-state index contributed by atoms with van der Waals surface area (Å²) in [5.74, 6) is 0. The topological polar surface area (TPSA) is 54.0 Å². The zero-order valence-electron chi connectivity index (χ0n) is 10.7. The van der Waals surface area contributed by atoms with Crippen molar-refractivity contribution < 1.29 is 18.0 Å². The molecule has 0 bridgehead atoms. The van der Waals surface area contributed by atoms with Crippen LogP contribution in [0.25, 0.3) is 0 Å². The van der Waals surface area contributed by atoms with E-state index in [0.717, 1.165) is 12.1 Å². The minimum atomic E-state index is -4.61. The smallest absolute Gasteiger partial charge is 0.308 e. The van der Waals surface area contributed by atoms with Gasteiger partial charge in [-0.15, -0.1) is 0 Å². The van der Waals surface area contributed by atoms with Gasteiger partial charge in [-0.1, -0.05) is 23.2 Å². The maximum atomic E-state index is 12.7. The molecule has 1 heterocycles. The Hall–Kier alpha value is -1.99. The SMILES string of the molecule is O=C(Nc1ccnc(Cl)c1)Nc1ccc(Cl)c(C(F)(F)F)c1. The Kier molecular flexibility index (Phi) is 4.77. The zero-order valence-corrected chi connectivity index (χ0v) is 12.2. The Bertz CT molecular complexity index is 707. The molecule has 0 aliphatic rings. The predicted octanol–water partition coefficient (Wildman–Crippen LogP) is 5.05. The van der Waals surface area contributed by atoms with Gasteiger partial charge in [0.2, 0.25) is 0 Å². The maximum absolute atomic E-state index is 12.7. The lowest BCUT2D eigenvalue weighted by molar-refractivity contribution is -0.137. The minimum Gasteiger partial charge on any atom is -0.308 e. The number of hydrogen-bond donors (Lipinski definition) is 2. The fourth-order valence-electron chi connectivity index (χ4n) is 1.59. The van der Waals surface area contributed by atoms with Crippen LogP contribution in [0, 0.1) is 0 Å². The molecule has 0 unspecified atom stereocenters. The molecule has 0 aliphatic heterocycles. The first-order valence-corrected chi connectivity index (χ1v) is 6.57. The summed E-state index contributed by atoms with van der Waals surface area (Å²) in [5, 5.41) is 4.42. The number of carbonyl (C=O) groups excluding carboxylic acids is 1. The van der Waals surface area contributed by atoms with Crippen molar-refractivity contribution in [1.29, 1.82) is 0 Å². The number of rotatable bonds is 2. The summed E-state index contributed by atoms with van der Waals surface area (Å²) in [6, 6.07) is 5.22. The molecular formula is C13H8Cl2F3N3O. The van der Waals surface area contributed by atoms with Gasteiger partial charge in [-0.05, 0) is 30.3 Å². The summed E-state index contributed by atoms with van der Waals surface area (Å²) in [7, 11) is 0. The standard InChI is InChI=1S/C13H8Cl2F3N3O/c14-10-2-1-7(5-9(10)13(16,17)18)20-12(22)21-8-3-4-19-11(15)6-8/h1-6H,(H2,19,20,21,22). The molecular weight excluding hydrogens is 342 g/mol. The van der Waals surface area contributed by atoms with Crippen LogP contribution >= 0.6 is 23.2 Å². The Labute approximate surface area is 133 Å². The summed E-state index contributed by atoms with van der Waals surface area (Å²) in [4.78, 5) is 15.5. The van der Waals surface area contributed by atoms with Crippen LogP contribution in [0.15, 0.2) is 36.5 Å². The molecule has 0 saturated carbocycles. The van der Waals surface area contributed by atoms with Gasteiger partial charge in [-0.25, -0.2) is 9.78 Å². The lowest BCUT2D eigenvalue weighted by atomic mass is 10.2. The van der Waals surface area contributed by atoms with E-state index in [1.807, 2.05) is 0 Å². The highest BCUT2D eigenvalue weighted by Gasteiger charge is 2.33. The van der Waals surface area contributed by atoms with E-state index in [2.05, 4.69) is 15.6 Å². The number of anilines is 2. The number of carbonyl (C=O) groups is 1. The third kappa shape index (κ3) is 4.25. The first kappa shape index (κ1) is 16.4. The van der Waals surface area contributed by atoms with Crippen LogP contribution in [-0.4, -0.2) is 11.0 Å². The monoisotopic (exact) mass is 349 g/mol. The molecule has 0 saturated heterocycles. The van der Waals surface area contributed by atoms with E-state index in [1.54, 1.807) is 0 Å². The predicted molar refractivity (Wildman–Crippen MR) is 78.3 cm³/mol. The Morgan fingerprint density at radius 1 is 1.05 bits per heavy atom. The van der Waals surface area contributed by atoms with Crippen molar-refractivity contribution in [3.63, 3.8) is 0 Å². The molecule has 2 N–H and O–H groups in total. The lowest BCUT2D eigenvalue weighted by Crippen LogP contribution is -2.20. The number of amides is 2. The second kappa shape index (κ2) is 6.41. The van der Waals surface area contributed by atoms with Gasteiger partial charge >= 0.3 is 12.2 Å². The van der Waals surface area contributed by atoms with Crippen LogP contribution < -0.4 is 10.6 Å². The lowest BCUT2D eigenvalue weighted by Gasteiger charge is -2.12. The van der Waals surface area contributed by atoms with Gasteiger partial charge in [0, 0.05) is 17.6 Å². The Morgan fingerprint density at radius 3 is 2.27 bits per heavy atom. The Morgan fingerprint density at radius 2 is 1.68 bits per heavy atom. The summed E-state index contributed by atoms with van der Waals surface area (Å²) in [6.45, 7) is 0. The van der Waals surface area contributed by atoms with Crippen molar-refractivity contribution in [1.82, 2.24) is 4.98 Å². The van der Waals surface area contributed by atoms with Crippen molar-refractivity contribution in [3.8, 4) is 0 Å². The molecule has 2 amide bonds. The molecule has 4 nitrogen and oxygen atoms in total. The van der Waals surface area contributed by atoms with Gasteiger partial charge in [0.05, 0.1) is 10.6 Å². The van der Waals surface area contributed by atoms with E-state index in [0.29, 0.717) is 5.69 Å². The van der Waals surface area contributed by atoms with Crippen molar-refractivity contribution >= 4 is 40.6 Å². The van der Waals surface area contributed by atoms with E-state index in [1.165, 1.54) is 24.4 Å². The van der Waals surface area contributed by atoms with E-state index in [-0.39, 0.29) is 10.8 Å². The molecule has 1 aromatic carbocycles. The molecule has 2 rings (SSSR count). The third-order valence-corrected chi connectivity index (χ3v) is 3.05. The fraction of sp³-hybridized carbons (Fsp3) is 0.0769. The van der Waals surface area contributed by atoms with Crippen LogP contribution in [0.5, 0.6) is 0 Å². The normalized spacial score (nSPS) is 11.1.